The van der Waals surface area contributed by atoms with Crippen LogP contribution in [0.25, 0.3) is 0 Å². The van der Waals surface area contributed by atoms with E-state index in [1.807, 2.05) is 16.7 Å². The largest absolute Gasteiger partial charge is 0.382 e. The van der Waals surface area contributed by atoms with Crippen molar-refractivity contribution in [1.29, 1.82) is 0 Å². The van der Waals surface area contributed by atoms with Gasteiger partial charge in [0.05, 0.1) is 0 Å². The highest BCUT2D eigenvalue weighted by Gasteiger charge is 2.26. The van der Waals surface area contributed by atoms with Crippen LogP contribution in [-0.2, 0) is 0 Å². The third-order valence-corrected chi connectivity index (χ3v) is 5.93. The van der Waals surface area contributed by atoms with E-state index in [1.54, 1.807) is 0 Å². The summed E-state index contributed by atoms with van der Waals surface area (Å²) in [5, 5.41) is 0.831. The van der Waals surface area contributed by atoms with Gasteiger partial charge in [0.1, 0.15) is 10.7 Å². The summed E-state index contributed by atoms with van der Waals surface area (Å²) in [4.78, 5) is 21.6. The second kappa shape index (κ2) is 6.41. The Hall–Kier alpha value is -0.990. The van der Waals surface area contributed by atoms with Crippen LogP contribution in [0.15, 0.2) is 0 Å². The van der Waals surface area contributed by atoms with E-state index in [0.29, 0.717) is 10.7 Å². The van der Waals surface area contributed by atoms with Crippen LogP contribution in [0, 0.1) is 0 Å². The maximum Gasteiger partial charge on any atom is 0.267 e. The number of hydrogen-bond donors (Lipinski definition) is 2. The Balaban J connectivity index is 1.75. The molecule has 0 bridgehead atoms. The summed E-state index contributed by atoms with van der Waals surface area (Å²) < 4.78 is 0. The Morgan fingerprint density at radius 1 is 1.29 bits per heavy atom. The molecule has 4 N–H and O–H groups in total. The Kier molecular flexibility index (Phi) is 4.56. The fraction of sp³-hybridized carbons (Fsp3) is 0.692. The Labute approximate surface area is 132 Å². The van der Waals surface area contributed by atoms with E-state index >= 15 is 0 Å². The van der Waals surface area contributed by atoms with Crippen LogP contribution >= 0.6 is 23.1 Å². The van der Waals surface area contributed by atoms with Crippen molar-refractivity contribution in [2.24, 2.45) is 5.73 Å². The molecule has 1 amide bonds. The molecule has 2 aliphatic heterocycles. The highest BCUT2D eigenvalue weighted by molar-refractivity contribution is 7.99. The van der Waals surface area contributed by atoms with E-state index in [9.17, 15) is 4.79 Å². The van der Waals surface area contributed by atoms with Crippen LogP contribution < -0.4 is 16.4 Å². The number of hydrogen-bond acceptors (Lipinski definition) is 7. The van der Waals surface area contributed by atoms with Gasteiger partial charge in [0.25, 0.3) is 5.91 Å². The third kappa shape index (κ3) is 3.27. The number of nitrogens with two attached hydrogens (primary N) is 2. The second-order valence-electron chi connectivity index (χ2n) is 5.46. The van der Waals surface area contributed by atoms with Crippen molar-refractivity contribution in [3.05, 3.63) is 4.88 Å². The molecular formula is C13H21N5OS2. The minimum Gasteiger partial charge on any atom is -0.382 e. The molecule has 0 spiro atoms. The highest BCUT2D eigenvalue weighted by Crippen LogP contribution is 2.31. The predicted octanol–water partition coefficient (Wildman–Crippen LogP) is 0.842. The van der Waals surface area contributed by atoms with Crippen molar-refractivity contribution < 1.29 is 4.79 Å². The first-order valence-electron chi connectivity index (χ1n) is 7.29. The fourth-order valence-electron chi connectivity index (χ4n) is 2.70. The zero-order valence-electron chi connectivity index (χ0n) is 12.0. The maximum absolute atomic E-state index is 12.5. The van der Waals surface area contributed by atoms with Gasteiger partial charge >= 0.3 is 0 Å². The molecule has 6 nitrogen and oxygen atoms in total. The molecule has 8 heteroatoms. The molecule has 1 unspecified atom stereocenters. The van der Waals surface area contributed by atoms with E-state index in [-0.39, 0.29) is 11.9 Å². The van der Waals surface area contributed by atoms with Crippen molar-refractivity contribution in [3.63, 3.8) is 0 Å². The summed E-state index contributed by atoms with van der Waals surface area (Å²) in [6.07, 6.45) is 2.11. The number of carbonyl (C=O) groups excluding carboxylic acids is 1. The van der Waals surface area contributed by atoms with Crippen molar-refractivity contribution in [2.45, 2.75) is 18.9 Å². The smallest absolute Gasteiger partial charge is 0.267 e. The van der Waals surface area contributed by atoms with Gasteiger partial charge in [0.15, 0.2) is 5.13 Å². The monoisotopic (exact) mass is 327 g/mol. The molecule has 2 aliphatic rings. The molecule has 116 valence electrons. The Bertz CT molecular complexity index is 515. The van der Waals surface area contributed by atoms with Crippen LogP contribution in [0.2, 0.25) is 0 Å². The van der Waals surface area contributed by atoms with Crippen LogP contribution in [0.4, 0.5) is 10.9 Å². The molecule has 3 rings (SSSR count). The lowest BCUT2D eigenvalue weighted by atomic mass is 10.1. The molecule has 1 aromatic heterocycles. The average molecular weight is 327 g/mol. The molecule has 21 heavy (non-hydrogen) atoms. The number of piperidine rings is 1. The van der Waals surface area contributed by atoms with E-state index in [0.717, 1.165) is 55.7 Å². The van der Waals surface area contributed by atoms with Gasteiger partial charge in [-0.25, -0.2) is 4.98 Å². The summed E-state index contributed by atoms with van der Waals surface area (Å²) >= 11 is 3.29. The quantitative estimate of drug-likeness (QED) is 0.837. The zero-order valence-corrected chi connectivity index (χ0v) is 13.6. The standard InChI is InChI=1S/C13H21N5OS2/c14-9-2-1-3-18(8-9)13-16-11(15)10(21-13)12(19)17-4-6-20-7-5-17/h9H,1-8,14-15H2. The van der Waals surface area contributed by atoms with Gasteiger partial charge in [-0.05, 0) is 12.8 Å². The lowest BCUT2D eigenvalue weighted by molar-refractivity contribution is 0.0778. The molecule has 0 radical (unpaired) electrons. The number of aromatic nitrogens is 1. The van der Waals surface area contributed by atoms with E-state index < -0.39 is 0 Å². The number of nitrogens with zero attached hydrogens (tertiary/aromatic N) is 3. The van der Waals surface area contributed by atoms with Crippen molar-refractivity contribution in [3.8, 4) is 0 Å². The van der Waals surface area contributed by atoms with Gasteiger partial charge in [-0.15, -0.1) is 0 Å². The number of carbonyl (C=O) groups is 1. The minimum atomic E-state index is 0.0258. The maximum atomic E-state index is 12.5. The lowest BCUT2D eigenvalue weighted by Gasteiger charge is -2.30. The van der Waals surface area contributed by atoms with Gasteiger partial charge in [-0.3, -0.25) is 4.79 Å². The summed E-state index contributed by atoms with van der Waals surface area (Å²) in [5.41, 5.74) is 12.0. The summed E-state index contributed by atoms with van der Waals surface area (Å²) in [6.45, 7) is 3.32. The first-order valence-corrected chi connectivity index (χ1v) is 9.26. The molecular weight excluding hydrogens is 306 g/mol. The fourth-order valence-corrected chi connectivity index (χ4v) is 4.59. The molecule has 1 aromatic rings. The van der Waals surface area contributed by atoms with Gasteiger partial charge in [0, 0.05) is 43.7 Å². The number of rotatable bonds is 2. The highest BCUT2D eigenvalue weighted by atomic mass is 32.2. The topological polar surface area (TPSA) is 88.5 Å². The molecule has 0 aromatic carbocycles. The van der Waals surface area contributed by atoms with Gasteiger partial charge in [-0.2, -0.15) is 11.8 Å². The number of amides is 1. The van der Waals surface area contributed by atoms with E-state index in [2.05, 4.69) is 9.88 Å². The Morgan fingerprint density at radius 2 is 2.05 bits per heavy atom. The van der Waals surface area contributed by atoms with Crippen LogP contribution in [0.1, 0.15) is 22.5 Å². The number of nitrogen functional groups attached to an aromatic ring is 1. The predicted molar refractivity (Wildman–Crippen MR) is 89.2 cm³/mol. The molecule has 0 aliphatic carbocycles. The van der Waals surface area contributed by atoms with Crippen LogP contribution in [0.3, 0.4) is 0 Å². The molecule has 0 saturated carbocycles. The number of thioether (sulfide) groups is 1. The van der Waals surface area contributed by atoms with E-state index in [4.69, 9.17) is 11.5 Å². The molecule has 3 heterocycles. The van der Waals surface area contributed by atoms with Crippen molar-refractivity contribution >= 4 is 40.0 Å². The summed E-state index contributed by atoms with van der Waals surface area (Å²) in [6, 6.07) is 0.183. The average Bonchev–Trinajstić information content (AvgIpc) is 2.89. The lowest BCUT2D eigenvalue weighted by Crippen LogP contribution is -2.42. The SMILES string of the molecule is Nc1nc(N2CCCC(N)C2)sc1C(=O)N1CCSCC1. The van der Waals surface area contributed by atoms with Crippen LogP contribution in [0.5, 0.6) is 0 Å². The zero-order chi connectivity index (χ0) is 14.8. The van der Waals surface area contributed by atoms with Crippen molar-refractivity contribution in [1.82, 2.24) is 9.88 Å². The van der Waals surface area contributed by atoms with Gasteiger partial charge in [-0.1, -0.05) is 11.3 Å². The summed E-state index contributed by atoms with van der Waals surface area (Å²) in [5.74, 6) is 2.38. The first-order chi connectivity index (χ1) is 10.1. The molecule has 2 saturated heterocycles. The summed E-state index contributed by atoms with van der Waals surface area (Å²) in [7, 11) is 0. The second-order valence-corrected chi connectivity index (χ2v) is 7.67. The van der Waals surface area contributed by atoms with Gasteiger partial charge < -0.3 is 21.3 Å². The number of thiazole rings is 1. The normalized spacial score (nSPS) is 23.4. The van der Waals surface area contributed by atoms with E-state index in [1.165, 1.54) is 11.3 Å². The molecule has 2 fully saturated rings. The molecule has 1 atom stereocenters. The van der Waals surface area contributed by atoms with Crippen LogP contribution in [-0.4, -0.2) is 59.5 Å². The van der Waals surface area contributed by atoms with Gasteiger partial charge in [0.2, 0.25) is 0 Å². The minimum absolute atomic E-state index is 0.0258. The first kappa shape index (κ1) is 14.9. The number of anilines is 2. The third-order valence-electron chi connectivity index (χ3n) is 3.86. The van der Waals surface area contributed by atoms with Crippen molar-refractivity contribution in [2.75, 3.05) is 48.3 Å². The Morgan fingerprint density at radius 3 is 2.76 bits per heavy atom.